The summed E-state index contributed by atoms with van der Waals surface area (Å²) >= 11 is 12.1. The van der Waals surface area contributed by atoms with Crippen LogP contribution in [0.3, 0.4) is 0 Å². The Morgan fingerprint density at radius 3 is 2.48 bits per heavy atom. The summed E-state index contributed by atoms with van der Waals surface area (Å²) in [4.78, 5) is 26.8. The quantitative estimate of drug-likeness (QED) is 0.520. The number of nitrogens with zero attached hydrogens (tertiary/aromatic N) is 1. The van der Waals surface area contributed by atoms with Crippen LogP contribution in [0.5, 0.6) is 0 Å². The van der Waals surface area contributed by atoms with Gasteiger partial charge in [0, 0.05) is 19.9 Å². The van der Waals surface area contributed by atoms with Gasteiger partial charge in [-0.2, -0.15) is 0 Å². The zero-order valence-electron chi connectivity index (χ0n) is 15.4. The number of amides is 2. The standard InChI is InChI=1S/C18H22Cl2N2O5/c1-11-15(17(23)27-9-8-26-3)16(12-4-5-13(19)14(20)10-12)21-18(24)22(11)6-7-25-2/h4-5,10,16H,6-9H2,1-3H3,(H,21,24). The Morgan fingerprint density at radius 1 is 1.15 bits per heavy atom. The Hall–Kier alpha value is -1.80. The van der Waals surface area contributed by atoms with Crippen molar-refractivity contribution in [2.45, 2.75) is 13.0 Å². The normalized spacial score (nSPS) is 17.1. The van der Waals surface area contributed by atoms with Crippen molar-refractivity contribution in [2.75, 3.05) is 40.6 Å². The molecule has 1 atom stereocenters. The first-order valence-electron chi connectivity index (χ1n) is 8.29. The molecule has 0 bridgehead atoms. The van der Waals surface area contributed by atoms with Crippen molar-refractivity contribution in [1.29, 1.82) is 0 Å². The molecule has 1 aromatic rings. The summed E-state index contributed by atoms with van der Waals surface area (Å²) in [5.74, 6) is -0.539. The number of carbonyl (C=O) groups excluding carboxylic acids is 2. The van der Waals surface area contributed by atoms with Gasteiger partial charge in [-0.25, -0.2) is 9.59 Å². The predicted octanol–water partition coefficient (Wildman–Crippen LogP) is 3.17. The minimum absolute atomic E-state index is 0.103. The van der Waals surface area contributed by atoms with Crippen LogP contribution in [-0.4, -0.2) is 57.5 Å². The molecular formula is C18H22Cl2N2O5. The van der Waals surface area contributed by atoms with Gasteiger partial charge < -0.3 is 19.5 Å². The first-order valence-corrected chi connectivity index (χ1v) is 9.05. The first-order chi connectivity index (χ1) is 12.9. The molecule has 0 saturated heterocycles. The minimum atomic E-state index is -0.707. The summed E-state index contributed by atoms with van der Waals surface area (Å²) < 4.78 is 15.3. The summed E-state index contributed by atoms with van der Waals surface area (Å²) in [7, 11) is 3.06. The maximum atomic E-state index is 12.7. The van der Waals surface area contributed by atoms with Gasteiger partial charge >= 0.3 is 12.0 Å². The van der Waals surface area contributed by atoms with Crippen molar-refractivity contribution >= 4 is 35.2 Å². The number of esters is 1. The lowest BCUT2D eigenvalue weighted by Crippen LogP contribution is -2.49. The van der Waals surface area contributed by atoms with Gasteiger partial charge in [0.05, 0.1) is 41.4 Å². The van der Waals surface area contributed by atoms with E-state index in [1.54, 1.807) is 32.2 Å². The van der Waals surface area contributed by atoms with Gasteiger partial charge in [-0.05, 0) is 24.6 Å². The summed E-state index contributed by atoms with van der Waals surface area (Å²) in [6.45, 7) is 2.71. The van der Waals surface area contributed by atoms with Gasteiger partial charge in [-0.1, -0.05) is 29.3 Å². The molecule has 1 aromatic carbocycles. The summed E-state index contributed by atoms with van der Waals surface area (Å²) in [5.41, 5.74) is 1.44. The van der Waals surface area contributed by atoms with Crippen LogP contribution in [0.15, 0.2) is 29.5 Å². The third-order valence-corrected chi connectivity index (χ3v) is 4.87. The van der Waals surface area contributed by atoms with E-state index in [1.165, 1.54) is 12.0 Å². The average Bonchev–Trinajstić information content (AvgIpc) is 2.63. The van der Waals surface area contributed by atoms with Crippen molar-refractivity contribution in [2.24, 2.45) is 0 Å². The van der Waals surface area contributed by atoms with Crippen molar-refractivity contribution in [3.63, 3.8) is 0 Å². The van der Waals surface area contributed by atoms with Crippen molar-refractivity contribution in [1.82, 2.24) is 10.2 Å². The van der Waals surface area contributed by atoms with E-state index in [-0.39, 0.29) is 19.2 Å². The Bertz CT molecular complexity index is 738. The number of hydrogen-bond donors (Lipinski definition) is 1. The maximum absolute atomic E-state index is 12.7. The van der Waals surface area contributed by atoms with E-state index in [0.29, 0.717) is 40.0 Å². The van der Waals surface area contributed by atoms with Gasteiger partial charge in [0.1, 0.15) is 6.61 Å². The van der Waals surface area contributed by atoms with Crippen LogP contribution in [0.25, 0.3) is 0 Å². The van der Waals surface area contributed by atoms with Crippen LogP contribution in [-0.2, 0) is 19.0 Å². The SMILES string of the molecule is COCCOC(=O)C1=C(C)N(CCOC)C(=O)NC1c1ccc(Cl)c(Cl)c1. The number of benzene rings is 1. The molecule has 0 aliphatic carbocycles. The highest BCUT2D eigenvalue weighted by Gasteiger charge is 2.36. The predicted molar refractivity (Wildman–Crippen MR) is 102 cm³/mol. The molecule has 1 aliphatic heterocycles. The van der Waals surface area contributed by atoms with Crippen LogP contribution in [0.4, 0.5) is 4.79 Å². The van der Waals surface area contributed by atoms with Crippen LogP contribution >= 0.6 is 23.2 Å². The maximum Gasteiger partial charge on any atom is 0.338 e. The number of urea groups is 1. The molecule has 0 saturated carbocycles. The fourth-order valence-corrected chi connectivity index (χ4v) is 3.04. The van der Waals surface area contributed by atoms with E-state index in [9.17, 15) is 9.59 Å². The highest BCUT2D eigenvalue weighted by atomic mass is 35.5. The third kappa shape index (κ3) is 5.13. The molecule has 1 unspecified atom stereocenters. The molecular weight excluding hydrogens is 395 g/mol. The van der Waals surface area contributed by atoms with Gasteiger partial charge in [0.25, 0.3) is 0 Å². The van der Waals surface area contributed by atoms with Crippen LogP contribution in [0.2, 0.25) is 10.0 Å². The van der Waals surface area contributed by atoms with Crippen LogP contribution < -0.4 is 5.32 Å². The zero-order valence-corrected chi connectivity index (χ0v) is 16.9. The molecule has 27 heavy (non-hydrogen) atoms. The molecule has 9 heteroatoms. The van der Waals surface area contributed by atoms with E-state index in [1.807, 2.05) is 0 Å². The Kier molecular flexibility index (Phi) is 7.91. The molecule has 0 spiro atoms. The number of nitrogens with one attached hydrogen (secondary N) is 1. The van der Waals surface area contributed by atoms with Crippen molar-refractivity contribution < 1.29 is 23.8 Å². The number of methoxy groups -OCH3 is 2. The van der Waals surface area contributed by atoms with Crippen molar-refractivity contribution in [3.8, 4) is 0 Å². The second-order valence-corrected chi connectivity index (χ2v) is 6.64. The lowest BCUT2D eigenvalue weighted by molar-refractivity contribution is -0.140. The number of carbonyl (C=O) groups is 2. The zero-order chi connectivity index (χ0) is 20.0. The smallest absolute Gasteiger partial charge is 0.338 e. The second kappa shape index (κ2) is 9.94. The van der Waals surface area contributed by atoms with E-state index < -0.39 is 12.0 Å². The fraction of sp³-hybridized carbons (Fsp3) is 0.444. The van der Waals surface area contributed by atoms with E-state index in [0.717, 1.165) is 0 Å². The number of hydrogen-bond acceptors (Lipinski definition) is 5. The van der Waals surface area contributed by atoms with E-state index >= 15 is 0 Å². The molecule has 148 valence electrons. The number of ether oxygens (including phenoxy) is 3. The number of halogens is 2. The number of rotatable bonds is 8. The van der Waals surface area contributed by atoms with Crippen molar-refractivity contribution in [3.05, 3.63) is 45.1 Å². The summed E-state index contributed by atoms with van der Waals surface area (Å²) in [6.07, 6.45) is 0. The highest BCUT2D eigenvalue weighted by Crippen LogP contribution is 2.34. The largest absolute Gasteiger partial charge is 0.460 e. The lowest BCUT2D eigenvalue weighted by Gasteiger charge is -2.35. The average molecular weight is 417 g/mol. The molecule has 1 aliphatic rings. The lowest BCUT2D eigenvalue weighted by atomic mass is 9.95. The minimum Gasteiger partial charge on any atom is -0.460 e. The topological polar surface area (TPSA) is 77.1 Å². The van der Waals surface area contributed by atoms with Gasteiger partial charge in [0.15, 0.2) is 0 Å². The van der Waals surface area contributed by atoms with Crippen LogP contribution in [0.1, 0.15) is 18.5 Å². The highest BCUT2D eigenvalue weighted by molar-refractivity contribution is 6.42. The molecule has 2 rings (SSSR count). The van der Waals surface area contributed by atoms with Gasteiger partial charge in [0.2, 0.25) is 0 Å². The van der Waals surface area contributed by atoms with E-state index in [2.05, 4.69) is 5.32 Å². The molecule has 0 fully saturated rings. The molecule has 0 radical (unpaired) electrons. The van der Waals surface area contributed by atoms with Gasteiger partial charge in [-0.15, -0.1) is 0 Å². The molecule has 2 amide bonds. The first kappa shape index (κ1) is 21.5. The molecule has 1 N–H and O–H groups in total. The summed E-state index contributed by atoms with van der Waals surface area (Å²) in [6, 6.07) is 3.90. The Morgan fingerprint density at radius 2 is 1.85 bits per heavy atom. The Labute approximate surface area is 168 Å². The fourth-order valence-electron chi connectivity index (χ4n) is 2.73. The summed E-state index contributed by atoms with van der Waals surface area (Å²) in [5, 5.41) is 3.54. The molecule has 7 nitrogen and oxygen atoms in total. The second-order valence-electron chi connectivity index (χ2n) is 5.83. The van der Waals surface area contributed by atoms with Gasteiger partial charge in [-0.3, -0.25) is 4.90 Å². The third-order valence-electron chi connectivity index (χ3n) is 4.13. The molecule has 0 aromatic heterocycles. The Balaban J connectivity index is 2.43. The molecule has 1 heterocycles. The number of allylic oxidation sites excluding steroid dienone is 1. The van der Waals surface area contributed by atoms with E-state index in [4.69, 9.17) is 37.4 Å². The van der Waals surface area contributed by atoms with Crippen LogP contribution in [0, 0.1) is 0 Å². The monoisotopic (exact) mass is 416 g/mol.